The largest absolute Gasteiger partial charge is 0.385 e. The quantitative estimate of drug-likeness (QED) is 0.629. The second-order valence-electron chi connectivity index (χ2n) is 7.91. The van der Waals surface area contributed by atoms with Crippen LogP contribution in [0.5, 0.6) is 0 Å². The number of nitriles is 1. The second-order valence-corrected chi connectivity index (χ2v) is 9.99. The van der Waals surface area contributed by atoms with Gasteiger partial charge in [0.25, 0.3) is 0 Å². The predicted molar refractivity (Wildman–Crippen MR) is 114 cm³/mol. The summed E-state index contributed by atoms with van der Waals surface area (Å²) in [5, 5.41) is 19.4. The zero-order valence-corrected chi connectivity index (χ0v) is 18.8. The third kappa shape index (κ3) is 5.57. The highest BCUT2D eigenvalue weighted by Crippen LogP contribution is 2.32. The van der Waals surface area contributed by atoms with Crippen molar-refractivity contribution < 1.29 is 9.90 Å². The van der Waals surface area contributed by atoms with E-state index in [9.17, 15) is 15.2 Å². The molecule has 1 amide bonds. The molecule has 1 aromatic heterocycles. The maximum Gasteiger partial charge on any atom is 0.234 e. The molecule has 0 atom stereocenters. The highest BCUT2D eigenvalue weighted by molar-refractivity contribution is 7.99. The van der Waals surface area contributed by atoms with Crippen LogP contribution in [0.4, 0.5) is 0 Å². The topological polar surface area (TPSA) is 86.0 Å². The van der Waals surface area contributed by atoms with E-state index in [1.54, 1.807) is 20.0 Å². The number of amides is 1. The maximum atomic E-state index is 12.6. The molecule has 28 heavy (non-hydrogen) atoms. The van der Waals surface area contributed by atoms with Gasteiger partial charge in [0, 0.05) is 18.1 Å². The van der Waals surface area contributed by atoms with Gasteiger partial charge in [-0.2, -0.15) is 5.26 Å². The lowest BCUT2D eigenvalue weighted by Gasteiger charge is -2.20. The molecule has 7 heteroatoms. The number of aliphatic hydroxyl groups is 1. The van der Waals surface area contributed by atoms with Crippen LogP contribution in [0.2, 0.25) is 0 Å². The maximum absolute atomic E-state index is 12.6. The molecule has 0 spiro atoms. The van der Waals surface area contributed by atoms with Crippen LogP contribution >= 0.6 is 23.3 Å². The lowest BCUT2D eigenvalue weighted by atomic mass is 9.85. The molecule has 0 aliphatic heterocycles. The van der Waals surface area contributed by atoms with Gasteiger partial charge >= 0.3 is 0 Å². The van der Waals surface area contributed by atoms with Crippen LogP contribution in [0.3, 0.4) is 0 Å². The van der Waals surface area contributed by atoms with Crippen molar-refractivity contribution in [3.63, 3.8) is 0 Å². The molecule has 0 saturated carbocycles. The summed E-state index contributed by atoms with van der Waals surface area (Å²) in [6, 6.07) is 6.01. The Kier molecular flexibility index (Phi) is 7.27. The summed E-state index contributed by atoms with van der Waals surface area (Å²) in [6.45, 7) is 11.7. The molecule has 2 N–H and O–H groups in total. The Balaban J connectivity index is 2.19. The van der Waals surface area contributed by atoms with Crippen molar-refractivity contribution >= 4 is 29.2 Å². The van der Waals surface area contributed by atoms with E-state index in [4.69, 9.17) is 0 Å². The minimum absolute atomic E-state index is 0.112. The minimum atomic E-state index is -0.943. The van der Waals surface area contributed by atoms with Gasteiger partial charge in [-0.15, -0.1) is 11.3 Å². The Hall–Kier alpha value is -1.88. The summed E-state index contributed by atoms with van der Waals surface area (Å²) in [5.41, 5.74) is 2.77. The molecular formula is C21H27N3O2S2. The van der Waals surface area contributed by atoms with Crippen LogP contribution in [0.25, 0.3) is 0 Å². The monoisotopic (exact) mass is 417 g/mol. The lowest BCUT2D eigenvalue weighted by Crippen LogP contribution is -2.20. The van der Waals surface area contributed by atoms with E-state index in [0.717, 1.165) is 21.6 Å². The number of thiazole rings is 1. The van der Waals surface area contributed by atoms with Crippen molar-refractivity contribution in [3.8, 4) is 6.07 Å². The van der Waals surface area contributed by atoms with Crippen LogP contribution in [-0.4, -0.2) is 16.0 Å². The van der Waals surface area contributed by atoms with Gasteiger partial charge in [-0.05, 0) is 54.5 Å². The average molecular weight is 418 g/mol. The van der Waals surface area contributed by atoms with Crippen LogP contribution < -0.4 is 4.72 Å². The normalized spacial score (nSPS) is 11.7. The van der Waals surface area contributed by atoms with Crippen molar-refractivity contribution in [3.05, 3.63) is 45.5 Å². The van der Waals surface area contributed by atoms with Gasteiger partial charge in [0.15, 0.2) is 4.34 Å². The smallest absolute Gasteiger partial charge is 0.234 e. The third-order valence-electron chi connectivity index (χ3n) is 4.37. The fourth-order valence-electron chi connectivity index (χ4n) is 2.90. The molecule has 2 rings (SSSR count). The number of nitrogens with one attached hydrogen (secondary N) is 1. The first kappa shape index (κ1) is 22.4. The first-order chi connectivity index (χ1) is 13.0. The van der Waals surface area contributed by atoms with E-state index in [1.165, 1.54) is 23.3 Å². The molecule has 0 aliphatic carbocycles. The number of nitrogens with zero attached hydrogens (tertiary/aromatic N) is 2. The Morgan fingerprint density at radius 2 is 1.86 bits per heavy atom. The molecule has 0 bridgehead atoms. The van der Waals surface area contributed by atoms with E-state index in [2.05, 4.69) is 43.5 Å². The van der Waals surface area contributed by atoms with Crippen molar-refractivity contribution in [1.29, 1.82) is 5.26 Å². The fourth-order valence-corrected chi connectivity index (χ4v) is 4.49. The van der Waals surface area contributed by atoms with Gasteiger partial charge < -0.3 is 5.11 Å². The van der Waals surface area contributed by atoms with E-state index >= 15 is 0 Å². The summed E-state index contributed by atoms with van der Waals surface area (Å²) >= 11 is 2.53. The van der Waals surface area contributed by atoms with Crippen molar-refractivity contribution in [2.45, 2.75) is 69.7 Å². The molecule has 0 aliphatic rings. The van der Waals surface area contributed by atoms with Gasteiger partial charge in [0.2, 0.25) is 5.91 Å². The Bertz CT molecular complexity index is 861. The first-order valence-corrected chi connectivity index (χ1v) is 10.9. The average Bonchev–Trinajstić information content (AvgIpc) is 3.09. The SMILES string of the molecule is CC(C)c1cc(C#N)cc(C(C)C)c1CC(=O)NSc1ncc(C(C)(C)O)s1. The number of carbonyl (C=O) groups is 1. The Labute approximate surface area is 175 Å². The van der Waals surface area contributed by atoms with Gasteiger partial charge in [0.1, 0.15) is 0 Å². The molecule has 1 aromatic carbocycles. The first-order valence-electron chi connectivity index (χ1n) is 9.24. The zero-order chi connectivity index (χ0) is 21.1. The van der Waals surface area contributed by atoms with Gasteiger partial charge in [0.05, 0.1) is 28.5 Å². The van der Waals surface area contributed by atoms with E-state index in [-0.39, 0.29) is 24.2 Å². The molecule has 1 heterocycles. The van der Waals surface area contributed by atoms with E-state index in [1.807, 2.05) is 12.1 Å². The zero-order valence-electron chi connectivity index (χ0n) is 17.2. The number of hydrogen-bond acceptors (Lipinski definition) is 6. The second kappa shape index (κ2) is 9.08. The summed E-state index contributed by atoms with van der Waals surface area (Å²) < 4.78 is 3.53. The van der Waals surface area contributed by atoms with Crippen molar-refractivity contribution in [2.75, 3.05) is 0 Å². The highest BCUT2D eigenvalue weighted by Gasteiger charge is 2.21. The van der Waals surface area contributed by atoms with Gasteiger partial charge in [-0.25, -0.2) is 4.98 Å². The van der Waals surface area contributed by atoms with E-state index < -0.39 is 5.60 Å². The van der Waals surface area contributed by atoms with Gasteiger partial charge in [-0.3, -0.25) is 9.52 Å². The molecule has 5 nitrogen and oxygen atoms in total. The van der Waals surface area contributed by atoms with Crippen LogP contribution in [-0.2, 0) is 16.8 Å². The molecular weight excluding hydrogens is 390 g/mol. The number of rotatable bonds is 7. The third-order valence-corrected chi connectivity index (χ3v) is 6.58. The number of carbonyl (C=O) groups excluding carboxylic acids is 1. The molecule has 0 unspecified atom stereocenters. The van der Waals surface area contributed by atoms with Gasteiger partial charge in [-0.1, -0.05) is 27.7 Å². The number of aromatic nitrogens is 1. The molecule has 0 saturated heterocycles. The number of benzene rings is 1. The number of hydrogen-bond donors (Lipinski definition) is 2. The summed E-state index contributed by atoms with van der Waals surface area (Å²) in [5.74, 6) is 0.322. The standard InChI is InChI=1S/C21H27N3O2S2/c1-12(2)15-7-14(10-22)8-16(13(3)4)17(15)9-19(25)24-28-20-23-11-18(27-20)21(5,6)26/h7-8,11-13,26H,9H2,1-6H3,(H,24,25). The van der Waals surface area contributed by atoms with Crippen LogP contribution in [0.1, 0.15) is 80.5 Å². The Morgan fingerprint density at radius 3 is 2.29 bits per heavy atom. The van der Waals surface area contributed by atoms with Crippen molar-refractivity contribution in [2.24, 2.45) is 0 Å². The summed E-state index contributed by atoms with van der Waals surface area (Å²) in [6.07, 6.45) is 1.89. The van der Waals surface area contributed by atoms with Crippen molar-refractivity contribution in [1.82, 2.24) is 9.71 Å². The summed E-state index contributed by atoms with van der Waals surface area (Å²) in [4.78, 5) is 17.6. The fraction of sp³-hybridized carbons (Fsp3) is 0.476. The molecule has 0 fully saturated rings. The molecule has 150 valence electrons. The minimum Gasteiger partial charge on any atom is -0.385 e. The van der Waals surface area contributed by atoms with Crippen LogP contribution in [0.15, 0.2) is 22.7 Å². The molecule has 2 aromatic rings. The Morgan fingerprint density at radius 1 is 1.29 bits per heavy atom. The molecule has 0 radical (unpaired) electrons. The summed E-state index contributed by atoms with van der Waals surface area (Å²) in [7, 11) is 0. The highest BCUT2D eigenvalue weighted by atomic mass is 32.2. The van der Waals surface area contributed by atoms with E-state index in [0.29, 0.717) is 9.90 Å². The lowest BCUT2D eigenvalue weighted by molar-refractivity contribution is -0.118. The predicted octanol–water partition coefficient (Wildman–Crippen LogP) is 4.85. The van der Waals surface area contributed by atoms with Crippen LogP contribution in [0, 0.1) is 11.3 Å².